The number of ether oxygens (including phenoxy) is 1. The molecule has 0 heterocycles. The largest absolute Gasteiger partial charge is 0.497 e. The van der Waals surface area contributed by atoms with Crippen LogP contribution >= 0.6 is 0 Å². The summed E-state index contributed by atoms with van der Waals surface area (Å²) in [6.45, 7) is 2.27. The number of hydrogen-bond donors (Lipinski definition) is 1. The van der Waals surface area contributed by atoms with Crippen molar-refractivity contribution in [2.45, 2.75) is 70.8 Å². The molecule has 2 nitrogen and oxygen atoms in total. The Morgan fingerprint density at radius 1 is 1.05 bits per heavy atom. The van der Waals surface area contributed by atoms with Gasteiger partial charge in [0.25, 0.3) is 0 Å². The van der Waals surface area contributed by atoms with Crippen LogP contribution in [0.2, 0.25) is 0 Å². The van der Waals surface area contributed by atoms with Gasteiger partial charge in [0.15, 0.2) is 0 Å². The predicted octanol–water partition coefficient (Wildman–Crippen LogP) is 4.97. The predicted molar refractivity (Wildman–Crippen MR) is 92.2 cm³/mol. The molecule has 1 aromatic rings. The first-order valence-corrected chi connectivity index (χ1v) is 8.60. The van der Waals surface area contributed by atoms with Crippen LogP contribution in [0.4, 0.5) is 0 Å². The van der Waals surface area contributed by atoms with Crippen molar-refractivity contribution in [1.82, 2.24) is 5.32 Å². The second-order valence-electron chi connectivity index (χ2n) is 5.95. The Kier molecular flexibility index (Phi) is 9.98. The molecular formula is C19H33NO. The van der Waals surface area contributed by atoms with Crippen molar-refractivity contribution in [3.05, 3.63) is 29.8 Å². The molecule has 0 spiro atoms. The molecule has 2 heteroatoms. The third-order valence-electron chi connectivity index (χ3n) is 4.18. The number of likely N-dealkylation sites (N-methyl/N-ethyl adjacent to an activating group) is 1. The fraction of sp³-hybridized carbons (Fsp3) is 0.684. The molecule has 0 fully saturated rings. The average Bonchev–Trinajstić information content (AvgIpc) is 2.53. The molecule has 1 unspecified atom stereocenters. The van der Waals surface area contributed by atoms with Gasteiger partial charge in [-0.3, -0.25) is 0 Å². The van der Waals surface area contributed by atoms with Crippen LogP contribution in [0.25, 0.3) is 0 Å². The van der Waals surface area contributed by atoms with Crippen molar-refractivity contribution in [1.29, 1.82) is 0 Å². The Bertz CT molecular complexity index is 364. The van der Waals surface area contributed by atoms with E-state index >= 15 is 0 Å². The number of rotatable bonds is 12. The molecule has 1 rings (SSSR count). The Balaban J connectivity index is 2.22. The fourth-order valence-electron chi connectivity index (χ4n) is 2.78. The van der Waals surface area contributed by atoms with Crippen LogP contribution in [0.5, 0.6) is 5.75 Å². The molecule has 0 radical (unpaired) electrons. The first-order valence-electron chi connectivity index (χ1n) is 8.60. The van der Waals surface area contributed by atoms with Crippen molar-refractivity contribution in [2.24, 2.45) is 0 Å². The summed E-state index contributed by atoms with van der Waals surface area (Å²) in [6, 6.07) is 9.00. The van der Waals surface area contributed by atoms with E-state index in [4.69, 9.17) is 4.74 Å². The van der Waals surface area contributed by atoms with E-state index in [0.29, 0.717) is 6.04 Å². The van der Waals surface area contributed by atoms with Gasteiger partial charge in [-0.25, -0.2) is 0 Å². The second-order valence-corrected chi connectivity index (χ2v) is 5.95. The van der Waals surface area contributed by atoms with Crippen LogP contribution in [-0.4, -0.2) is 20.2 Å². The minimum absolute atomic E-state index is 0.577. The quantitative estimate of drug-likeness (QED) is 0.549. The zero-order valence-corrected chi connectivity index (χ0v) is 14.2. The summed E-state index contributed by atoms with van der Waals surface area (Å²) in [5.74, 6) is 0.957. The normalized spacial score (nSPS) is 12.3. The lowest BCUT2D eigenvalue weighted by Crippen LogP contribution is -2.27. The Morgan fingerprint density at radius 3 is 2.43 bits per heavy atom. The van der Waals surface area contributed by atoms with E-state index in [9.17, 15) is 0 Å². The highest BCUT2D eigenvalue weighted by molar-refractivity contribution is 5.28. The van der Waals surface area contributed by atoms with E-state index in [1.165, 1.54) is 56.9 Å². The standard InChI is InChI=1S/C19H33NO/c1-4-5-6-7-8-9-10-13-18(20-2)15-17-12-11-14-19(16-17)21-3/h11-12,14,16,18,20H,4-10,13,15H2,1-3H3. The maximum Gasteiger partial charge on any atom is 0.119 e. The Labute approximate surface area is 131 Å². The topological polar surface area (TPSA) is 21.3 Å². The van der Waals surface area contributed by atoms with E-state index in [1.807, 2.05) is 6.07 Å². The van der Waals surface area contributed by atoms with E-state index in [1.54, 1.807) is 7.11 Å². The lowest BCUT2D eigenvalue weighted by molar-refractivity contribution is 0.413. The Hall–Kier alpha value is -1.02. The molecule has 0 aliphatic carbocycles. The molecular weight excluding hydrogens is 258 g/mol. The highest BCUT2D eigenvalue weighted by atomic mass is 16.5. The molecule has 21 heavy (non-hydrogen) atoms. The van der Waals surface area contributed by atoms with Crippen molar-refractivity contribution < 1.29 is 4.74 Å². The number of methoxy groups -OCH3 is 1. The summed E-state index contributed by atoms with van der Waals surface area (Å²) in [6.07, 6.45) is 12.0. The monoisotopic (exact) mass is 291 g/mol. The number of hydrogen-bond acceptors (Lipinski definition) is 2. The first-order chi connectivity index (χ1) is 10.3. The highest BCUT2D eigenvalue weighted by Crippen LogP contribution is 2.16. The molecule has 120 valence electrons. The van der Waals surface area contributed by atoms with Crippen molar-refractivity contribution in [3.63, 3.8) is 0 Å². The summed E-state index contributed by atoms with van der Waals surface area (Å²) in [5, 5.41) is 3.46. The molecule has 0 amide bonds. The third-order valence-corrected chi connectivity index (χ3v) is 4.18. The van der Waals surface area contributed by atoms with Crippen LogP contribution in [0.1, 0.15) is 63.9 Å². The zero-order valence-electron chi connectivity index (χ0n) is 14.2. The van der Waals surface area contributed by atoms with Gasteiger partial charge >= 0.3 is 0 Å². The highest BCUT2D eigenvalue weighted by Gasteiger charge is 2.07. The molecule has 0 saturated carbocycles. The Morgan fingerprint density at radius 2 is 1.76 bits per heavy atom. The van der Waals surface area contributed by atoms with E-state index < -0.39 is 0 Å². The van der Waals surface area contributed by atoms with E-state index in [-0.39, 0.29) is 0 Å². The molecule has 0 saturated heterocycles. The summed E-state index contributed by atoms with van der Waals surface area (Å²) in [7, 11) is 3.80. The third kappa shape index (κ3) is 8.11. The van der Waals surface area contributed by atoms with E-state index in [0.717, 1.165) is 12.2 Å². The zero-order chi connectivity index (χ0) is 15.3. The van der Waals surface area contributed by atoms with Crippen LogP contribution in [0.15, 0.2) is 24.3 Å². The maximum atomic E-state index is 5.29. The molecule has 0 aromatic heterocycles. The van der Waals surface area contributed by atoms with Crippen LogP contribution < -0.4 is 10.1 Å². The fourth-order valence-corrected chi connectivity index (χ4v) is 2.78. The average molecular weight is 291 g/mol. The van der Waals surface area contributed by atoms with E-state index in [2.05, 4.69) is 37.5 Å². The SMILES string of the molecule is CCCCCCCCCC(Cc1cccc(OC)c1)NC. The number of nitrogens with one attached hydrogen (secondary N) is 1. The molecule has 0 aliphatic rings. The van der Waals surface area contributed by atoms with Gasteiger partial charge in [-0.2, -0.15) is 0 Å². The van der Waals surface area contributed by atoms with Crippen molar-refractivity contribution in [3.8, 4) is 5.75 Å². The lowest BCUT2D eigenvalue weighted by Gasteiger charge is -2.16. The first kappa shape index (κ1) is 18.0. The van der Waals surface area contributed by atoms with Crippen molar-refractivity contribution >= 4 is 0 Å². The van der Waals surface area contributed by atoms with Gasteiger partial charge in [-0.05, 0) is 37.6 Å². The minimum Gasteiger partial charge on any atom is -0.497 e. The summed E-state index contributed by atoms with van der Waals surface area (Å²) < 4.78 is 5.29. The van der Waals surface area contributed by atoms with Gasteiger partial charge < -0.3 is 10.1 Å². The van der Waals surface area contributed by atoms with Gasteiger partial charge in [0.1, 0.15) is 5.75 Å². The van der Waals surface area contributed by atoms with Gasteiger partial charge in [0.2, 0.25) is 0 Å². The number of unbranched alkanes of at least 4 members (excludes halogenated alkanes) is 6. The van der Waals surface area contributed by atoms with Crippen LogP contribution in [0, 0.1) is 0 Å². The molecule has 1 N–H and O–H groups in total. The maximum absolute atomic E-state index is 5.29. The lowest BCUT2D eigenvalue weighted by atomic mass is 9.99. The molecule has 1 atom stereocenters. The second kappa shape index (κ2) is 11.6. The van der Waals surface area contributed by atoms with Gasteiger partial charge in [-0.1, -0.05) is 64.0 Å². The summed E-state index contributed by atoms with van der Waals surface area (Å²) in [4.78, 5) is 0. The summed E-state index contributed by atoms with van der Waals surface area (Å²) >= 11 is 0. The van der Waals surface area contributed by atoms with Crippen LogP contribution in [0.3, 0.4) is 0 Å². The van der Waals surface area contributed by atoms with Crippen LogP contribution in [-0.2, 0) is 6.42 Å². The van der Waals surface area contributed by atoms with Gasteiger partial charge in [0, 0.05) is 6.04 Å². The number of benzene rings is 1. The van der Waals surface area contributed by atoms with Gasteiger partial charge in [0.05, 0.1) is 7.11 Å². The minimum atomic E-state index is 0.577. The summed E-state index contributed by atoms with van der Waals surface area (Å²) in [5.41, 5.74) is 1.36. The molecule has 1 aromatic carbocycles. The van der Waals surface area contributed by atoms with Crippen molar-refractivity contribution in [2.75, 3.05) is 14.2 Å². The molecule has 0 aliphatic heterocycles. The van der Waals surface area contributed by atoms with Gasteiger partial charge in [-0.15, -0.1) is 0 Å². The smallest absolute Gasteiger partial charge is 0.119 e. The molecule has 0 bridgehead atoms.